The number of aromatic hydroxyl groups is 1. The van der Waals surface area contributed by atoms with Gasteiger partial charge in [0.25, 0.3) is 5.91 Å². The van der Waals surface area contributed by atoms with Crippen LogP contribution < -0.4 is 24.3 Å². The van der Waals surface area contributed by atoms with Crippen LogP contribution in [0.2, 0.25) is 0 Å². The van der Waals surface area contributed by atoms with E-state index in [9.17, 15) is 9.90 Å². The number of hydrogen-bond acceptors (Lipinski definition) is 6. The summed E-state index contributed by atoms with van der Waals surface area (Å²) in [7, 11) is 2.92. The van der Waals surface area contributed by atoms with E-state index in [2.05, 4.69) is 5.32 Å². The molecule has 7 heteroatoms. The van der Waals surface area contributed by atoms with Crippen LogP contribution in [0.25, 0.3) is 0 Å². The lowest BCUT2D eigenvalue weighted by Gasteiger charge is -2.14. The number of anilines is 1. The minimum absolute atomic E-state index is 0.0328. The molecule has 0 aliphatic carbocycles. The molecule has 23 heavy (non-hydrogen) atoms. The first-order valence-corrected chi connectivity index (χ1v) is 6.79. The van der Waals surface area contributed by atoms with Gasteiger partial charge in [0.1, 0.15) is 5.75 Å². The van der Waals surface area contributed by atoms with Gasteiger partial charge in [0.05, 0.1) is 19.8 Å². The van der Waals surface area contributed by atoms with E-state index in [1.165, 1.54) is 32.4 Å². The molecule has 2 N–H and O–H groups in total. The summed E-state index contributed by atoms with van der Waals surface area (Å²) in [6, 6.07) is 7.66. The van der Waals surface area contributed by atoms with Crippen LogP contribution in [0.1, 0.15) is 10.4 Å². The molecule has 0 radical (unpaired) electrons. The van der Waals surface area contributed by atoms with Crippen molar-refractivity contribution in [3.05, 3.63) is 35.9 Å². The van der Waals surface area contributed by atoms with Crippen molar-refractivity contribution in [3.63, 3.8) is 0 Å². The number of phenols is 1. The van der Waals surface area contributed by atoms with Crippen LogP contribution in [-0.4, -0.2) is 32.0 Å². The van der Waals surface area contributed by atoms with Crippen LogP contribution in [0.5, 0.6) is 28.7 Å². The van der Waals surface area contributed by atoms with Crippen LogP contribution in [0, 0.1) is 0 Å². The lowest BCUT2D eigenvalue weighted by molar-refractivity contribution is 0.102. The standard InChI is InChI=1S/C16H15NO6/c1-20-12-7-11(13(21-2)15-14(12)22-8-23-15)16(19)17-9-3-5-10(18)6-4-9/h3-7,18H,8H2,1-2H3,(H,17,19). The predicted octanol–water partition coefficient (Wildman–Crippen LogP) is 2.39. The molecular weight excluding hydrogens is 302 g/mol. The highest BCUT2D eigenvalue weighted by molar-refractivity contribution is 6.07. The Labute approximate surface area is 132 Å². The van der Waals surface area contributed by atoms with Crippen molar-refractivity contribution in [1.29, 1.82) is 0 Å². The third-order valence-electron chi connectivity index (χ3n) is 3.36. The van der Waals surface area contributed by atoms with Gasteiger partial charge in [-0.15, -0.1) is 0 Å². The molecule has 0 atom stereocenters. The normalized spacial score (nSPS) is 11.9. The van der Waals surface area contributed by atoms with E-state index in [1.54, 1.807) is 12.1 Å². The summed E-state index contributed by atoms with van der Waals surface area (Å²) in [6.07, 6.45) is 0. The van der Waals surface area contributed by atoms with E-state index in [1.807, 2.05) is 0 Å². The molecule has 0 unspecified atom stereocenters. The highest BCUT2D eigenvalue weighted by atomic mass is 16.7. The average molecular weight is 317 g/mol. The highest BCUT2D eigenvalue weighted by Crippen LogP contribution is 2.49. The molecule has 1 aliphatic heterocycles. The number of benzene rings is 2. The summed E-state index contributed by atoms with van der Waals surface area (Å²) in [4.78, 5) is 12.5. The van der Waals surface area contributed by atoms with Gasteiger partial charge in [-0.25, -0.2) is 0 Å². The zero-order chi connectivity index (χ0) is 16.4. The molecule has 1 aliphatic rings. The van der Waals surface area contributed by atoms with Crippen molar-refractivity contribution in [2.45, 2.75) is 0 Å². The first-order valence-electron chi connectivity index (χ1n) is 6.79. The number of phenolic OH excluding ortho intramolecular Hbond substituents is 1. The third-order valence-corrected chi connectivity index (χ3v) is 3.36. The van der Waals surface area contributed by atoms with Crippen molar-refractivity contribution >= 4 is 11.6 Å². The number of hydrogen-bond donors (Lipinski definition) is 2. The van der Waals surface area contributed by atoms with Crippen LogP contribution in [-0.2, 0) is 0 Å². The van der Waals surface area contributed by atoms with Gasteiger partial charge >= 0.3 is 0 Å². The van der Waals surface area contributed by atoms with Gasteiger partial charge in [-0.1, -0.05) is 0 Å². The van der Waals surface area contributed by atoms with Crippen molar-refractivity contribution in [2.75, 3.05) is 26.3 Å². The Morgan fingerprint density at radius 1 is 1.13 bits per heavy atom. The molecule has 3 rings (SSSR count). The maximum absolute atomic E-state index is 12.5. The van der Waals surface area contributed by atoms with Crippen LogP contribution in [0.15, 0.2) is 30.3 Å². The fourth-order valence-electron chi connectivity index (χ4n) is 2.28. The largest absolute Gasteiger partial charge is 0.508 e. The zero-order valence-electron chi connectivity index (χ0n) is 12.6. The Balaban J connectivity index is 1.98. The molecule has 2 aromatic carbocycles. The smallest absolute Gasteiger partial charge is 0.259 e. The fraction of sp³-hybridized carbons (Fsp3) is 0.188. The SMILES string of the molecule is COc1cc(C(=O)Nc2ccc(O)cc2)c(OC)c2c1OCO2. The number of ether oxygens (including phenoxy) is 4. The second kappa shape index (κ2) is 5.96. The molecule has 7 nitrogen and oxygen atoms in total. The number of nitrogens with one attached hydrogen (secondary N) is 1. The fourth-order valence-corrected chi connectivity index (χ4v) is 2.28. The summed E-state index contributed by atoms with van der Waals surface area (Å²) >= 11 is 0. The van der Waals surface area contributed by atoms with Gasteiger partial charge in [0.2, 0.25) is 18.3 Å². The van der Waals surface area contributed by atoms with Crippen LogP contribution in [0.4, 0.5) is 5.69 Å². The first kappa shape index (κ1) is 14.8. The molecule has 0 saturated heterocycles. The topological polar surface area (TPSA) is 86.3 Å². The van der Waals surface area contributed by atoms with E-state index >= 15 is 0 Å². The summed E-state index contributed by atoms with van der Waals surface area (Å²) in [6.45, 7) is 0.0328. The zero-order valence-corrected chi connectivity index (χ0v) is 12.6. The lowest BCUT2D eigenvalue weighted by atomic mass is 10.1. The van der Waals surface area contributed by atoms with Crippen LogP contribution in [0.3, 0.4) is 0 Å². The van der Waals surface area contributed by atoms with E-state index in [-0.39, 0.29) is 23.9 Å². The summed E-state index contributed by atoms with van der Waals surface area (Å²) < 4.78 is 21.3. The predicted molar refractivity (Wildman–Crippen MR) is 81.7 cm³/mol. The molecule has 2 aromatic rings. The lowest BCUT2D eigenvalue weighted by Crippen LogP contribution is -2.13. The summed E-state index contributed by atoms with van der Waals surface area (Å²) in [5.41, 5.74) is 0.785. The Bertz CT molecular complexity index is 741. The number of rotatable bonds is 4. The van der Waals surface area contributed by atoms with E-state index < -0.39 is 5.91 Å². The summed E-state index contributed by atoms with van der Waals surface area (Å²) in [5, 5.41) is 12.0. The van der Waals surface area contributed by atoms with Crippen molar-refractivity contribution in [1.82, 2.24) is 0 Å². The first-order chi connectivity index (χ1) is 11.1. The van der Waals surface area contributed by atoms with Crippen molar-refractivity contribution in [3.8, 4) is 28.7 Å². The minimum atomic E-state index is -0.399. The molecule has 1 amide bonds. The number of fused-ring (bicyclic) bond motifs is 1. The van der Waals surface area contributed by atoms with Gasteiger partial charge in [-0.05, 0) is 24.3 Å². The van der Waals surface area contributed by atoms with E-state index in [4.69, 9.17) is 18.9 Å². The molecular formula is C16H15NO6. The second-order valence-corrected chi connectivity index (χ2v) is 4.73. The van der Waals surface area contributed by atoms with Gasteiger partial charge < -0.3 is 29.4 Å². The maximum Gasteiger partial charge on any atom is 0.259 e. The Morgan fingerprint density at radius 3 is 2.48 bits per heavy atom. The molecule has 120 valence electrons. The monoisotopic (exact) mass is 317 g/mol. The Kier molecular flexibility index (Phi) is 3.84. The van der Waals surface area contributed by atoms with Crippen LogP contribution >= 0.6 is 0 Å². The second-order valence-electron chi connectivity index (χ2n) is 4.73. The molecule has 0 fully saturated rings. The number of amides is 1. The number of carbonyl (C=O) groups is 1. The molecule has 0 spiro atoms. The quantitative estimate of drug-likeness (QED) is 0.842. The summed E-state index contributed by atoms with van der Waals surface area (Å²) in [5.74, 6) is 1.12. The Morgan fingerprint density at radius 2 is 1.83 bits per heavy atom. The minimum Gasteiger partial charge on any atom is -0.508 e. The van der Waals surface area contributed by atoms with Gasteiger partial charge in [-0.3, -0.25) is 4.79 Å². The maximum atomic E-state index is 12.5. The van der Waals surface area contributed by atoms with Crippen molar-refractivity contribution in [2.24, 2.45) is 0 Å². The van der Waals surface area contributed by atoms with Gasteiger partial charge in [0.15, 0.2) is 11.5 Å². The third kappa shape index (κ3) is 2.68. The van der Waals surface area contributed by atoms with Gasteiger partial charge in [-0.2, -0.15) is 0 Å². The number of carbonyl (C=O) groups excluding carboxylic acids is 1. The average Bonchev–Trinajstić information content (AvgIpc) is 3.04. The Hall–Kier alpha value is -3.09. The molecule has 1 heterocycles. The molecule has 0 bridgehead atoms. The van der Waals surface area contributed by atoms with Crippen molar-refractivity contribution < 1.29 is 28.8 Å². The van der Waals surface area contributed by atoms with Gasteiger partial charge in [0, 0.05) is 11.8 Å². The van der Waals surface area contributed by atoms with E-state index in [0.29, 0.717) is 22.9 Å². The molecule has 0 aromatic heterocycles. The molecule has 0 saturated carbocycles. The highest BCUT2D eigenvalue weighted by Gasteiger charge is 2.29. The number of methoxy groups -OCH3 is 2. The van der Waals surface area contributed by atoms with E-state index in [0.717, 1.165) is 0 Å².